The average Bonchev–Trinajstić information content (AvgIpc) is 2.58. The number of aromatic nitrogens is 2. The first-order chi connectivity index (χ1) is 6.83. The quantitative estimate of drug-likeness (QED) is 0.676. The average molecular weight is 197 g/mol. The lowest BCUT2D eigenvalue weighted by Crippen LogP contribution is -2.18. The molecule has 0 radical (unpaired) electrons. The Bertz CT molecular complexity index is 247. The molecule has 0 aliphatic heterocycles. The smallest absolute Gasteiger partial charge is 0.227 e. The first kappa shape index (κ1) is 11.2. The fourth-order valence-electron chi connectivity index (χ4n) is 1.26. The number of nitrogens with one attached hydrogen (secondary N) is 1. The minimum Gasteiger partial charge on any atom is -0.339 e. The largest absolute Gasteiger partial charge is 0.339 e. The summed E-state index contributed by atoms with van der Waals surface area (Å²) >= 11 is 0. The van der Waals surface area contributed by atoms with Gasteiger partial charge >= 0.3 is 0 Å². The Hall–Kier alpha value is -0.900. The second-order valence-electron chi connectivity index (χ2n) is 3.44. The van der Waals surface area contributed by atoms with Gasteiger partial charge < -0.3 is 9.84 Å². The Morgan fingerprint density at radius 1 is 1.29 bits per heavy atom. The van der Waals surface area contributed by atoms with Crippen LogP contribution in [0.25, 0.3) is 0 Å². The Labute approximate surface area is 85.1 Å². The molecular weight excluding hydrogens is 178 g/mol. The number of hydrogen-bond acceptors (Lipinski definition) is 4. The minimum atomic E-state index is 0.714. The summed E-state index contributed by atoms with van der Waals surface area (Å²) in [5, 5.41) is 7.08. The topological polar surface area (TPSA) is 51.0 Å². The van der Waals surface area contributed by atoms with Crippen LogP contribution in [0.3, 0.4) is 0 Å². The first-order valence-corrected chi connectivity index (χ1v) is 5.33. The Morgan fingerprint density at radius 3 is 2.79 bits per heavy atom. The zero-order chi connectivity index (χ0) is 10.2. The van der Waals surface area contributed by atoms with E-state index >= 15 is 0 Å². The van der Waals surface area contributed by atoms with E-state index in [4.69, 9.17) is 4.52 Å². The van der Waals surface area contributed by atoms with E-state index in [1.165, 1.54) is 19.3 Å². The predicted molar refractivity (Wildman–Crippen MR) is 55.1 cm³/mol. The van der Waals surface area contributed by atoms with E-state index in [0.717, 1.165) is 25.4 Å². The molecule has 0 saturated heterocycles. The van der Waals surface area contributed by atoms with Gasteiger partial charge in [0.05, 0.1) is 0 Å². The van der Waals surface area contributed by atoms with Gasteiger partial charge in [0.2, 0.25) is 5.89 Å². The van der Waals surface area contributed by atoms with Gasteiger partial charge in [0, 0.05) is 13.0 Å². The third-order valence-electron chi connectivity index (χ3n) is 2.04. The van der Waals surface area contributed by atoms with Crippen molar-refractivity contribution in [1.82, 2.24) is 15.5 Å². The Kier molecular flexibility index (Phi) is 5.22. The van der Waals surface area contributed by atoms with Gasteiger partial charge in [0.25, 0.3) is 0 Å². The van der Waals surface area contributed by atoms with Gasteiger partial charge in [-0.05, 0) is 19.9 Å². The molecule has 4 heteroatoms. The van der Waals surface area contributed by atoms with Crippen LogP contribution >= 0.6 is 0 Å². The molecule has 1 heterocycles. The van der Waals surface area contributed by atoms with Crippen molar-refractivity contribution in [3.8, 4) is 0 Å². The highest BCUT2D eigenvalue weighted by molar-refractivity contribution is 4.83. The molecule has 0 fully saturated rings. The Balaban J connectivity index is 1.99. The van der Waals surface area contributed by atoms with Crippen molar-refractivity contribution >= 4 is 0 Å². The molecule has 1 N–H and O–H groups in total. The van der Waals surface area contributed by atoms with Crippen molar-refractivity contribution in [3.05, 3.63) is 11.7 Å². The maximum absolute atomic E-state index is 4.99. The van der Waals surface area contributed by atoms with Crippen LogP contribution < -0.4 is 5.32 Å². The van der Waals surface area contributed by atoms with E-state index in [1.54, 1.807) is 0 Å². The second-order valence-corrected chi connectivity index (χ2v) is 3.44. The van der Waals surface area contributed by atoms with Gasteiger partial charge in [-0.2, -0.15) is 4.98 Å². The van der Waals surface area contributed by atoms with Crippen LogP contribution in [0.4, 0.5) is 0 Å². The maximum atomic E-state index is 4.99. The normalized spacial score (nSPS) is 10.7. The number of hydrogen-bond donors (Lipinski definition) is 1. The van der Waals surface area contributed by atoms with Crippen molar-refractivity contribution in [2.45, 2.75) is 39.5 Å². The van der Waals surface area contributed by atoms with E-state index in [-0.39, 0.29) is 0 Å². The van der Waals surface area contributed by atoms with Crippen molar-refractivity contribution < 1.29 is 4.52 Å². The zero-order valence-corrected chi connectivity index (χ0v) is 9.05. The number of unbranched alkanes of at least 4 members (excludes halogenated alkanes) is 2. The van der Waals surface area contributed by atoms with E-state index < -0.39 is 0 Å². The van der Waals surface area contributed by atoms with Crippen LogP contribution in [0, 0.1) is 6.92 Å². The monoisotopic (exact) mass is 197 g/mol. The summed E-state index contributed by atoms with van der Waals surface area (Å²) in [6, 6.07) is 0. The van der Waals surface area contributed by atoms with E-state index in [2.05, 4.69) is 22.4 Å². The third kappa shape index (κ3) is 4.37. The maximum Gasteiger partial charge on any atom is 0.227 e. The molecule has 4 nitrogen and oxygen atoms in total. The SMILES string of the molecule is CCCCCNCCc1nc(C)no1. The zero-order valence-electron chi connectivity index (χ0n) is 9.05. The van der Waals surface area contributed by atoms with E-state index in [9.17, 15) is 0 Å². The highest BCUT2D eigenvalue weighted by Gasteiger charge is 2.00. The molecule has 0 atom stereocenters. The predicted octanol–water partition coefficient (Wildman–Crippen LogP) is 1.70. The summed E-state index contributed by atoms with van der Waals surface area (Å²) in [6.07, 6.45) is 4.64. The molecule has 0 aliphatic rings. The van der Waals surface area contributed by atoms with Gasteiger partial charge in [-0.1, -0.05) is 24.9 Å². The number of rotatable bonds is 7. The Morgan fingerprint density at radius 2 is 2.14 bits per heavy atom. The van der Waals surface area contributed by atoms with Crippen LogP contribution in [0.1, 0.15) is 37.9 Å². The number of nitrogens with zero attached hydrogens (tertiary/aromatic N) is 2. The molecule has 14 heavy (non-hydrogen) atoms. The molecule has 1 aromatic heterocycles. The molecule has 1 rings (SSSR count). The van der Waals surface area contributed by atoms with Gasteiger partial charge in [-0.25, -0.2) is 0 Å². The van der Waals surface area contributed by atoms with Gasteiger partial charge in [-0.15, -0.1) is 0 Å². The lowest BCUT2D eigenvalue weighted by molar-refractivity contribution is 0.372. The van der Waals surface area contributed by atoms with Gasteiger partial charge in [0.1, 0.15) is 0 Å². The summed E-state index contributed by atoms with van der Waals surface area (Å²) < 4.78 is 4.99. The second kappa shape index (κ2) is 6.54. The highest BCUT2D eigenvalue weighted by Crippen LogP contribution is 1.96. The fourth-order valence-corrected chi connectivity index (χ4v) is 1.26. The summed E-state index contributed by atoms with van der Waals surface area (Å²) in [6.45, 7) is 6.05. The van der Waals surface area contributed by atoms with E-state index in [0.29, 0.717) is 5.82 Å². The first-order valence-electron chi connectivity index (χ1n) is 5.33. The minimum absolute atomic E-state index is 0.714. The van der Waals surface area contributed by atoms with Crippen LogP contribution in [0.15, 0.2) is 4.52 Å². The van der Waals surface area contributed by atoms with Crippen molar-refractivity contribution in [2.24, 2.45) is 0 Å². The lowest BCUT2D eigenvalue weighted by Gasteiger charge is -2.00. The standard InChI is InChI=1S/C10H19N3O/c1-3-4-5-7-11-8-6-10-12-9(2)13-14-10/h11H,3-8H2,1-2H3. The fraction of sp³-hybridized carbons (Fsp3) is 0.800. The van der Waals surface area contributed by atoms with Gasteiger partial charge in [0.15, 0.2) is 5.82 Å². The summed E-state index contributed by atoms with van der Waals surface area (Å²) in [7, 11) is 0. The third-order valence-corrected chi connectivity index (χ3v) is 2.04. The molecule has 0 saturated carbocycles. The van der Waals surface area contributed by atoms with Crippen molar-refractivity contribution in [1.29, 1.82) is 0 Å². The summed E-state index contributed by atoms with van der Waals surface area (Å²) in [4.78, 5) is 4.13. The molecule has 80 valence electrons. The molecule has 0 spiro atoms. The molecule has 0 bridgehead atoms. The summed E-state index contributed by atoms with van der Waals surface area (Å²) in [5.74, 6) is 1.44. The van der Waals surface area contributed by atoms with Crippen LogP contribution in [-0.4, -0.2) is 23.2 Å². The van der Waals surface area contributed by atoms with Crippen LogP contribution in [0.5, 0.6) is 0 Å². The molecule has 0 unspecified atom stereocenters. The van der Waals surface area contributed by atoms with Crippen LogP contribution in [0.2, 0.25) is 0 Å². The highest BCUT2D eigenvalue weighted by atomic mass is 16.5. The molecule has 0 aliphatic carbocycles. The van der Waals surface area contributed by atoms with Crippen molar-refractivity contribution in [3.63, 3.8) is 0 Å². The van der Waals surface area contributed by atoms with Gasteiger partial charge in [-0.3, -0.25) is 0 Å². The van der Waals surface area contributed by atoms with Crippen LogP contribution in [-0.2, 0) is 6.42 Å². The molecule has 0 aromatic carbocycles. The van der Waals surface area contributed by atoms with E-state index in [1.807, 2.05) is 6.92 Å². The lowest BCUT2D eigenvalue weighted by atomic mass is 10.2. The molecule has 0 amide bonds. The summed E-state index contributed by atoms with van der Waals surface area (Å²) in [5.41, 5.74) is 0. The number of aryl methyl sites for hydroxylation is 1. The van der Waals surface area contributed by atoms with Crippen molar-refractivity contribution in [2.75, 3.05) is 13.1 Å². The molecule has 1 aromatic rings. The molecular formula is C10H19N3O.